The molecule has 5 heteroatoms. The van der Waals surface area contributed by atoms with Crippen LogP contribution in [-0.4, -0.2) is 8.76 Å². The van der Waals surface area contributed by atoms with Gasteiger partial charge in [-0.3, -0.25) is 0 Å². The van der Waals surface area contributed by atoms with Crippen LogP contribution in [0.15, 0.2) is 33.6 Å². The zero-order valence-corrected chi connectivity index (χ0v) is 11.5. The number of hydrogen-bond donors (Lipinski definition) is 1. The monoisotopic (exact) mass is 260 g/mol. The molecule has 0 aliphatic heterocycles. The Morgan fingerprint density at radius 3 is 2.18 bits per heavy atom. The van der Waals surface area contributed by atoms with Crippen molar-refractivity contribution in [2.75, 3.05) is 0 Å². The van der Waals surface area contributed by atoms with Crippen molar-refractivity contribution < 1.29 is 61.6 Å². The van der Waals surface area contributed by atoms with E-state index in [0.29, 0.717) is 4.90 Å². The van der Waals surface area contributed by atoms with Gasteiger partial charge in [-0.15, -0.1) is 0 Å². The van der Waals surface area contributed by atoms with E-state index in [9.17, 15) is 4.21 Å². The van der Waals surface area contributed by atoms with Gasteiger partial charge in [0.15, 0.2) is 11.1 Å². The smallest absolute Gasteiger partial charge is 1.00 e. The third-order valence-corrected chi connectivity index (χ3v) is 2.22. The van der Waals surface area contributed by atoms with Gasteiger partial charge in [0.1, 0.15) is 0 Å². The molecule has 0 saturated heterocycles. The summed E-state index contributed by atoms with van der Waals surface area (Å²) in [7, 11) is 0. The van der Waals surface area contributed by atoms with E-state index in [-0.39, 0.29) is 52.8 Å². The molecule has 0 radical (unpaired) electrons. The fourth-order valence-corrected chi connectivity index (χ4v) is 1.18. The molecule has 0 aromatic heterocycles. The maximum Gasteiger partial charge on any atom is 1.00 e. The van der Waals surface area contributed by atoms with Crippen LogP contribution in [0.2, 0.25) is 0 Å². The summed E-state index contributed by atoms with van der Waals surface area (Å²) >= 11 is 1.36. The van der Waals surface area contributed by atoms with E-state index >= 15 is 0 Å². The second-order valence-corrected chi connectivity index (χ2v) is 3.59. The maximum atomic E-state index is 10.4. The molecule has 0 amide bonds. The summed E-state index contributed by atoms with van der Waals surface area (Å²) in [5.41, 5.74) is 0. The minimum Gasteiger partial charge on any atom is -1.00 e. The molecule has 11 heavy (non-hydrogen) atoms. The van der Waals surface area contributed by atoms with Crippen molar-refractivity contribution in [2.45, 2.75) is 4.90 Å². The molecule has 0 heterocycles. The van der Waals surface area contributed by atoms with E-state index in [2.05, 4.69) is 15.9 Å². The van der Waals surface area contributed by atoms with Crippen LogP contribution < -0.4 is 51.4 Å². The fraction of sp³-hybridized carbons (Fsp3) is 0. The van der Waals surface area contributed by atoms with Crippen molar-refractivity contribution >= 4 is 27.0 Å². The first-order valence-corrected chi connectivity index (χ1v) is 4.46. The quantitative estimate of drug-likeness (QED) is 0.528. The minimum atomic E-state index is -1.86. The summed E-state index contributed by atoms with van der Waals surface area (Å²) in [6.45, 7) is 0. The predicted molar refractivity (Wildman–Crippen MR) is 44.3 cm³/mol. The molecule has 1 rings (SSSR count). The van der Waals surface area contributed by atoms with Gasteiger partial charge in [-0.25, -0.2) is 4.21 Å². The second kappa shape index (κ2) is 5.99. The molecule has 56 valence electrons. The molecule has 0 fully saturated rings. The van der Waals surface area contributed by atoms with E-state index in [1.165, 1.54) is 0 Å². The normalized spacial score (nSPS) is 11.8. The number of rotatable bonds is 1. The first-order valence-electron chi connectivity index (χ1n) is 2.56. The topological polar surface area (TPSA) is 37.3 Å². The Hall–Kier alpha value is 1.45. The predicted octanol–water partition coefficient (Wildman–Crippen LogP) is -0.854. The van der Waals surface area contributed by atoms with Crippen LogP contribution in [0.3, 0.4) is 0 Å². The van der Waals surface area contributed by atoms with Crippen molar-refractivity contribution in [1.29, 1.82) is 0 Å². The Balaban J connectivity index is 0. The van der Waals surface area contributed by atoms with Crippen molar-refractivity contribution in [3.8, 4) is 0 Å². The van der Waals surface area contributed by atoms with Gasteiger partial charge in [-0.1, -0.05) is 15.9 Å². The van der Waals surface area contributed by atoms with E-state index in [0.717, 1.165) is 4.47 Å². The molecule has 2 nitrogen and oxygen atoms in total. The zero-order chi connectivity index (χ0) is 7.56. The third-order valence-electron chi connectivity index (χ3n) is 1.02. The number of benzene rings is 1. The Morgan fingerprint density at radius 1 is 1.36 bits per heavy atom. The molecular weight excluding hydrogens is 255 g/mol. The van der Waals surface area contributed by atoms with Crippen molar-refractivity contribution in [1.82, 2.24) is 0 Å². The number of halogens is 1. The van der Waals surface area contributed by atoms with E-state index < -0.39 is 11.1 Å². The molecule has 1 atom stereocenters. The summed E-state index contributed by atoms with van der Waals surface area (Å²) in [6.07, 6.45) is 0. The van der Waals surface area contributed by atoms with Crippen molar-refractivity contribution in [3.63, 3.8) is 0 Å². The molecule has 1 unspecified atom stereocenters. The SMILES string of the molecule is O=S(O)c1ccc(Br)cc1.[H-].[K+]. The van der Waals surface area contributed by atoms with Crippen LogP contribution in [0.5, 0.6) is 0 Å². The standard InChI is InChI=1S/C6H5BrO2S.K.H/c7-5-1-3-6(4-2-5)10(8)9;;/h1-4H,(H,8,9);;/q;+1;-1. The molecule has 1 aromatic carbocycles. The molecule has 0 aliphatic rings. The second-order valence-electron chi connectivity index (χ2n) is 1.70. The Kier molecular flexibility index (Phi) is 6.77. The Bertz CT molecular complexity index is 254. The molecule has 0 aliphatic carbocycles. The van der Waals surface area contributed by atoms with E-state index in [1.54, 1.807) is 24.3 Å². The van der Waals surface area contributed by atoms with Gasteiger partial charge in [-0.2, -0.15) is 0 Å². The first-order chi connectivity index (χ1) is 4.70. The molecule has 1 aromatic rings. The molecule has 0 spiro atoms. The van der Waals surface area contributed by atoms with Gasteiger partial charge >= 0.3 is 51.4 Å². The van der Waals surface area contributed by atoms with Gasteiger partial charge in [-0.05, 0) is 24.3 Å². The zero-order valence-electron chi connectivity index (χ0n) is 6.95. The summed E-state index contributed by atoms with van der Waals surface area (Å²) in [4.78, 5) is 0.420. The molecule has 0 bridgehead atoms. The summed E-state index contributed by atoms with van der Waals surface area (Å²) in [5, 5.41) is 0. The van der Waals surface area contributed by atoms with E-state index in [4.69, 9.17) is 4.55 Å². The largest absolute Gasteiger partial charge is 1.00 e. The summed E-state index contributed by atoms with van der Waals surface area (Å²) in [5.74, 6) is 0. The van der Waals surface area contributed by atoms with Gasteiger partial charge in [0, 0.05) is 4.47 Å². The van der Waals surface area contributed by atoms with Gasteiger partial charge in [0.2, 0.25) is 0 Å². The van der Waals surface area contributed by atoms with Crippen molar-refractivity contribution in [2.24, 2.45) is 0 Å². The number of hydrogen-bond acceptors (Lipinski definition) is 1. The van der Waals surface area contributed by atoms with Crippen LogP contribution in [-0.2, 0) is 11.1 Å². The van der Waals surface area contributed by atoms with Crippen LogP contribution in [0.1, 0.15) is 1.43 Å². The van der Waals surface area contributed by atoms with Crippen LogP contribution in [0.25, 0.3) is 0 Å². The Labute approximate surface area is 120 Å². The first kappa shape index (κ1) is 12.4. The van der Waals surface area contributed by atoms with Gasteiger partial charge in [0.05, 0.1) is 4.90 Å². The van der Waals surface area contributed by atoms with Crippen LogP contribution in [0.4, 0.5) is 0 Å². The molecular formula is C6H6BrKO2S. The summed E-state index contributed by atoms with van der Waals surface area (Å²) in [6, 6.07) is 6.65. The van der Waals surface area contributed by atoms with Gasteiger partial charge in [0.25, 0.3) is 0 Å². The fourth-order valence-electron chi connectivity index (χ4n) is 0.551. The third kappa shape index (κ3) is 4.28. The minimum absolute atomic E-state index is 0. The van der Waals surface area contributed by atoms with Crippen LogP contribution >= 0.6 is 15.9 Å². The molecule has 1 N–H and O–H groups in total. The maximum absolute atomic E-state index is 10.4. The average molecular weight is 261 g/mol. The van der Waals surface area contributed by atoms with Crippen molar-refractivity contribution in [3.05, 3.63) is 28.7 Å². The summed E-state index contributed by atoms with van der Waals surface area (Å²) < 4.78 is 19.9. The van der Waals surface area contributed by atoms with Crippen LogP contribution in [0, 0.1) is 0 Å². The Morgan fingerprint density at radius 2 is 1.82 bits per heavy atom. The average Bonchev–Trinajstić information content (AvgIpc) is 1.88. The van der Waals surface area contributed by atoms with Gasteiger partial charge < -0.3 is 5.98 Å². The van der Waals surface area contributed by atoms with E-state index in [1.807, 2.05) is 0 Å². The molecule has 0 saturated carbocycles.